The Hall–Kier alpha value is -2.86. The van der Waals surface area contributed by atoms with Crippen LogP contribution in [0.4, 0.5) is 0 Å². The Morgan fingerprint density at radius 3 is 2.70 bits per heavy atom. The maximum Gasteiger partial charge on any atom is 0.226 e. The first-order chi connectivity index (χ1) is 14.7. The summed E-state index contributed by atoms with van der Waals surface area (Å²) in [5.74, 6) is 1.63. The minimum Gasteiger partial charge on any atom is -0.504 e. The average molecular weight is 410 g/mol. The van der Waals surface area contributed by atoms with Crippen molar-refractivity contribution >= 4 is 0 Å². The SMILES string of the molecule is COc1cc(-c2noc(CCCCCNC(C)CCc3ccccc3)n2)ccc1O. The van der Waals surface area contributed by atoms with Crippen LogP contribution in [0.2, 0.25) is 0 Å². The molecule has 0 saturated heterocycles. The highest BCUT2D eigenvalue weighted by Gasteiger charge is 2.11. The molecule has 0 saturated carbocycles. The van der Waals surface area contributed by atoms with Gasteiger partial charge in [-0.25, -0.2) is 0 Å². The summed E-state index contributed by atoms with van der Waals surface area (Å²) in [6, 6.07) is 16.2. The van der Waals surface area contributed by atoms with Gasteiger partial charge < -0.3 is 19.7 Å². The van der Waals surface area contributed by atoms with E-state index in [9.17, 15) is 5.11 Å². The maximum atomic E-state index is 9.70. The summed E-state index contributed by atoms with van der Waals surface area (Å²) < 4.78 is 10.5. The fraction of sp³-hybridized carbons (Fsp3) is 0.417. The Balaban J connectivity index is 1.31. The predicted molar refractivity (Wildman–Crippen MR) is 118 cm³/mol. The van der Waals surface area contributed by atoms with Crippen molar-refractivity contribution in [1.29, 1.82) is 0 Å². The average Bonchev–Trinajstić information content (AvgIpc) is 3.24. The third-order valence-corrected chi connectivity index (χ3v) is 5.18. The molecular weight excluding hydrogens is 378 g/mol. The summed E-state index contributed by atoms with van der Waals surface area (Å²) in [7, 11) is 1.51. The molecule has 0 fully saturated rings. The van der Waals surface area contributed by atoms with Crippen LogP contribution >= 0.6 is 0 Å². The van der Waals surface area contributed by atoms with Crippen molar-refractivity contribution in [2.24, 2.45) is 0 Å². The highest BCUT2D eigenvalue weighted by atomic mass is 16.5. The first kappa shape index (κ1) is 21.8. The number of ether oxygens (including phenoxy) is 1. The van der Waals surface area contributed by atoms with Gasteiger partial charge in [0.15, 0.2) is 11.5 Å². The lowest BCUT2D eigenvalue weighted by Gasteiger charge is -2.13. The number of rotatable bonds is 12. The lowest BCUT2D eigenvalue weighted by atomic mass is 10.1. The lowest BCUT2D eigenvalue weighted by molar-refractivity contribution is 0.371. The molecule has 2 N–H and O–H groups in total. The second kappa shape index (κ2) is 11.4. The number of hydrogen-bond acceptors (Lipinski definition) is 6. The number of aromatic nitrogens is 2. The van der Waals surface area contributed by atoms with E-state index in [1.54, 1.807) is 18.2 Å². The topological polar surface area (TPSA) is 80.4 Å². The normalized spacial score (nSPS) is 12.1. The van der Waals surface area contributed by atoms with E-state index < -0.39 is 0 Å². The van der Waals surface area contributed by atoms with Crippen LogP contribution in [-0.2, 0) is 12.8 Å². The molecule has 0 aliphatic rings. The minimum atomic E-state index is 0.0907. The molecule has 6 heteroatoms. The summed E-state index contributed by atoms with van der Waals surface area (Å²) in [6.07, 6.45) is 6.29. The molecular formula is C24H31N3O3. The van der Waals surface area contributed by atoms with Crippen LogP contribution < -0.4 is 10.1 Å². The van der Waals surface area contributed by atoms with Gasteiger partial charge in [-0.3, -0.25) is 0 Å². The Morgan fingerprint density at radius 2 is 1.90 bits per heavy atom. The Morgan fingerprint density at radius 1 is 1.07 bits per heavy atom. The van der Waals surface area contributed by atoms with Crippen LogP contribution in [0.1, 0.15) is 44.1 Å². The van der Waals surface area contributed by atoms with Crippen molar-refractivity contribution in [2.45, 2.75) is 51.5 Å². The van der Waals surface area contributed by atoms with Crippen molar-refractivity contribution in [3.05, 3.63) is 60.0 Å². The number of hydrogen-bond donors (Lipinski definition) is 2. The summed E-state index contributed by atoms with van der Waals surface area (Å²) in [6.45, 7) is 3.28. The summed E-state index contributed by atoms with van der Waals surface area (Å²) in [5, 5.41) is 17.3. The van der Waals surface area contributed by atoms with E-state index in [0.29, 0.717) is 23.5 Å². The zero-order chi connectivity index (χ0) is 21.2. The smallest absolute Gasteiger partial charge is 0.226 e. The molecule has 0 bridgehead atoms. The molecule has 0 aliphatic heterocycles. The van der Waals surface area contributed by atoms with Gasteiger partial charge in [0.25, 0.3) is 0 Å². The highest BCUT2D eigenvalue weighted by Crippen LogP contribution is 2.30. The van der Waals surface area contributed by atoms with Crippen molar-refractivity contribution in [2.75, 3.05) is 13.7 Å². The maximum absolute atomic E-state index is 9.70. The molecule has 1 aromatic heterocycles. The number of phenols is 1. The fourth-order valence-corrected chi connectivity index (χ4v) is 3.35. The summed E-state index contributed by atoms with van der Waals surface area (Å²) in [4.78, 5) is 4.45. The molecule has 1 heterocycles. The number of phenolic OH excluding ortho intramolecular Hbond substituents is 1. The number of aryl methyl sites for hydroxylation is 2. The van der Waals surface area contributed by atoms with Crippen LogP contribution in [0.3, 0.4) is 0 Å². The van der Waals surface area contributed by atoms with Gasteiger partial charge in [0.1, 0.15) is 0 Å². The third-order valence-electron chi connectivity index (χ3n) is 5.18. The zero-order valence-electron chi connectivity index (χ0n) is 17.8. The number of unbranched alkanes of at least 4 members (excludes halogenated alkanes) is 2. The summed E-state index contributed by atoms with van der Waals surface area (Å²) in [5.41, 5.74) is 2.16. The summed E-state index contributed by atoms with van der Waals surface area (Å²) >= 11 is 0. The van der Waals surface area contributed by atoms with E-state index in [-0.39, 0.29) is 5.75 Å². The highest BCUT2D eigenvalue weighted by molar-refractivity contribution is 5.60. The molecule has 1 atom stereocenters. The van der Waals surface area contributed by atoms with Crippen LogP contribution in [0, 0.1) is 0 Å². The van der Waals surface area contributed by atoms with E-state index in [1.807, 2.05) is 0 Å². The van der Waals surface area contributed by atoms with E-state index in [1.165, 1.54) is 12.7 Å². The van der Waals surface area contributed by atoms with Crippen LogP contribution in [0.15, 0.2) is 53.1 Å². The molecule has 0 spiro atoms. The van der Waals surface area contributed by atoms with Gasteiger partial charge in [-0.1, -0.05) is 41.9 Å². The largest absolute Gasteiger partial charge is 0.504 e. The van der Waals surface area contributed by atoms with Crippen LogP contribution in [0.25, 0.3) is 11.4 Å². The Bertz CT molecular complexity index is 896. The monoisotopic (exact) mass is 409 g/mol. The molecule has 0 aliphatic carbocycles. The van der Waals surface area contributed by atoms with E-state index in [2.05, 4.69) is 52.7 Å². The molecule has 0 radical (unpaired) electrons. The Kier molecular flexibility index (Phi) is 8.27. The number of nitrogens with one attached hydrogen (secondary N) is 1. The van der Waals surface area contributed by atoms with Gasteiger partial charge >= 0.3 is 0 Å². The van der Waals surface area contributed by atoms with Crippen LogP contribution in [0.5, 0.6) is 11.5 Å². The molecule has 160 valence electrons. The standard InChI is InChI=1S/C24H31N3O3/c1-18(12-13-19-9-5-3-6-10-19)25-16-8-4-7-11-23-26-24(27-30-23)20-14-15-21(28)22(17-20)29-2/h3,5-6,9-10,14-15,17-18,25,28H,4,7-8,11-13,16H2,1-2H3. The molecule has 6 nitrogen and oxygen atoms in total. The van der Waals surface area contributed by atoms with Crippen molar-refractivity contribution in [3.63, 3.8) is 0 Å². The van der Waals surface area contributed by atoms with Crippen molar-refractivity contribution in [1.82, 2.24) is 15.5 Å². The van der Waals surface area contributed by atoms with Gasteiger partial charge in [0.2, 0.25) is 11.7 Å². The third kappa shape index (κ3) is 6.59. The van der Waals surface area contributed by atoms with Gasteiger partial charge in [-0.2, -0.15) is 4.98 Å². The van der Waals surface area contributed by atoms with E-state index in [4.69, 9.17) is 9.26 Å². The van der Waals surface area contributed by atoms with Crippen molar-refractivity contribution < 1.29 is 14.4 Å². The first-order valence-electron chi connectivity index (χ1n) is 10.6. The number of nitrogens with zero attached hydrogens (tertiary/aromatic N) is 2. The predicted octanol–water partition coefficient (Wildman–Crippen LogP) is 4.77. The molecule has 30 heavy (non-hydrogen) atoms. The quantitative estimate of drug-likeness (QED) is 0.419. The number of methoxy groups -OCH3 is 1. The molecule has 2 aromatic carbocycles. The van der Waals surface area contributed by atoms with E-state index in [0.717, 1.165) is 50.6 Å². The second-order valence-electron chi connectivity index (χ2n) is 7.59. The van der Waals surface area contributed by atoms with E-state index >= 15 is 0 Å². The minimum absolute atomic E-state index is 0.0907. The van der Waals surface area contributed by atoms with Gasteiger partial charge in [0, 0.05) is 18.0 Å². The molecule has 0 amide bonds. The fourth-order valence-electron chi connectivity index (χ4n) is 3.35. The molecule has 1 unspecified atom stereocenters. The van der Waals surface area contributed by atoms with Crippen LogP contribution in [-0.4, -0.2) is 34.9 Å². The van der Waals surface area contributed by atoms with Gasteiger partial charge in [0.05, 0.1) is 7.11 Å². The number of benzene rings is 2. The molecule has 3 rings (SSSR count). The van der Waals surface area contributed by atoms with Gasteiger partial charge in [-0.05, 0) is 62.9 Å². The first-order valence-corrected chi connectivity index (χ1v) is 10.6. The zero-order valence-corrected chi connectivity index (χ0v) is 17.8. The lowest BCUT2D eigenvalue weighted by Crippen LogP contribution is -2.27. The second-order valence-corrected chi connectivity index (χ2v) is 7.59. The Labute approximate surface area is 178 Å². The molecule has 3 aromatic rings. The van der Waals surface area contributed by atoms with Gasteiger partial charge in [-0.15, -0.1) is 0 Å². The number of aromatic hydroxyl groups is 1. The van der Waals surface area contributed by atoms with Crippen molar-refractivity contribution in [3.8, 4) is 22.9 Å².